The van der Waals surface area contributed by atoms with Crippen molar-refractivity contribution in [3.05, 3.63) is 35.6 Å². The number of nitrogens with one attached hydrogen (secondary N) is 2. The molecule has 1 aliphatic carbocycles. The first-order valence-corrected chi connectivity index (χ1v) is 8.98. The van der Waals surface area contributed by atoms with Crippen molar-refractivity contribution >= 4 is 5.91 Å². The van der Waals surface area contributed by atoms with Crippen LogP contribution in [0.25, 0.3) is 0 Å². The Bertz CT molecular complexity index is 522. The summed E-state index contributed by atoms with van der Waals surface area (Å²) in [6.07, 6.45) is 7.14. The van der Waals surface area contributed by atoms with Gasteiger partial charge in [-0.1, -0.05) is 31.0 Å². The molecule has 1 aliphatic heterocycles. The molecule has 3 nitrogen and oxygen atoms in total. The third-order valence-electron chi connectivity index (χ3n) is 5.37. The molecule has 2 fully saturated rings. The summed E-state index contributed by atoms with van der Waals surface area (Å²) in [4.78, 5) is 12.4. The van der Waals surface area contributed by atoms with Crippen molar-refractivity contribution < 1.29 is 9.18 Å². The Morgan fingerprint density at radius 1 is 1.26 bits per heavy atom. The minimum absolute atomic E-state index is 0.0667. The standard InChI is InChI=1S/C19H27FN2O/c20-17-8-4-3-7-16(17)19(15-5-1-2-6-15)22-18(23)10-9-14-11-12-21-13-14/h3-4,7-8,14-15,19,21H,1-2,5-6,9-13H2,(H,22,23). The normalized spacial score (nSPS) is 23.1. The van der Waals surface area contributed by atoms with E-state index in [1.165, 1.54) is 18.9 Å². The molecule has 1 saturated carbocycles. The van der Waals surface area contributed by atoms with Gasteiger partial charge in [0.05, 0.1) is 6.04 Å². The summed E-state index contributed by atoms with van der Waals surface area (Å²) < 4.78 is 14.2. The van der Waals surface area contributed by atoms with Gasteiger partial charge >= 0.3 is 0 Å². The minimum Gasteiger partial charge on any atom is -0.349 e. The summed E-state index contributed by atoms with van der Waals surface area (Å²) in [6, 6.07) is 6.71. The second-order valence-electron chi connectivity index (χ2n) is 7.01. The van der Waals surface area contributed by atoms with Crippen LogP contribution in [0.3, 0.4) is 0 Å². The molecule has 0 radical (unpaired) electrons. The number of hydrogen-bond acceptors (Lipinski definition) is 2. The number of carbonyl (C=O) groups excluding carboxylic acids is 1. The van der Waals surface area contributed by atoms with Gasteiger partial charge in [-0.05, 0) is 56.7 Å². The maximum atomic E-state index is 14.2. The lowest BCUT2D eigenvalue weighted by Crippen LogP contribution is -2.33. The van der Waals surface area contributed by atoms with Crippen molar-refractivity contribution in [2.75, 3.05) is 13.1 Å². The first kappa shape index (κ1) is 16.4. The van der Waals surface area contributed by atoms with Gasteiger partial charge in [-0.3, -0.25) is 4.79 Å². The van der Waals surface area contributed by atoms with Gasteiger partial charge in [0, 0.05) is 12.0 Å². The first-order chi connectivity index (χ1) is 11.2. The van der Waals surface area contributed by atoms with E-state index in [1.54, 1.807) is 6.07 Å². The lowest BCUT2D eigenvalue weighted by atomic mass is 9.91. The Hall–Kier alpha value is -1.42. The predicted molar refractivity (Wildman–Crippen MR) is 89.5 cm³/mol. The fourth-order valence-electron chi connectivity index (χ4n) is 4.01. The molecular formula is C19H27FN2O. The molecule has 2 unspecified atom stereocenters. The van der Waals surface area contributed by atoms with Crippen molar-refractivity contribution in [2.45, 2.75) is 51.0 Å². The maximum absolute atomic E-state index is 14.2. The average molecular weight is 318 g/mol. The Morgan fingerprint density at radius 3 is 2.74 bits per heavy atom. The van der Waals surface area contributed by atoms with Gasteiger partial charge < -0.3 is 10.6 Å². The minimum atomic E-state index is -0.204. The van der Waals surface area contributed by atoms with E-state index in [-0.39, 0.29) is 17.8 Å². The fourth-order valence-corrected chi connectivity index (χ4v) is 4.01. The van der Waals surface area contributed by atoms with Crippen LogP contribution in [0, 0.1) is 17.7 Å². The summed E-state index contributed by atoms with van der Waals surface area (Å²) in [5, 5.41) is 6.47. The van der Waals surface area contributed by atoms with Gasteiger partial charge in [0.25, 0.3) is 0 Å². The van der Waals surface area contributed by atoms with Crippen LogP contribution in [-0.4, -0.2) is 19.0 Å². The number of halogens is 1. The average Bonchev–Trinajstić information content (AvgIpc) is 3.25. The van der Waals surface area contributed by atoms with Crippen LogP contribution in [0.2, 0.25) is 0 Å². The molecule has 1 aromatic rings. The Morgan fingerprint density at radius 2 is 2.04 bits per heavy atom. The molecule has 1 saturated heterocycles. The number of rotatable bonds is 6. The van der Waals surface area contributed by atoms with E-state index in [1.807, 2.05) is 12.1 Å². The SMILES string of the molecule is O=C(CCC1CCNC1)NC(c1ccccc1F)C1CCCC1. The van der Waals surface area contributed by atoms with Crippen LogP contribution in [0.1, 0.15) is 56.6 Å². The molecule has 2 N–H and O–H groups in total. The number of benzene rings is 1. The molecular weight excluding hydrogens is 291 g/mol. The van der Waals surface area contributed by atoms with Crippen LogP contribution in [0.5, 0.6) is 0 Å². The van der Waals surface area contributed by atoms with E-state index in [4.69, 9.17) is 0 Å². The van der Waals surface area contributed by atoms with Gasteiger partial charge in [0.1, 0.15) is 5.82 Å². The van der Waals surface area contributed by atoms with Gasteiger partial charge in [-0.15, -0.1) is 0 Å². The lowest BCUT2D eigenvalue weighted by molar-refractivity contribution is -0.122. The second-order valence-corrected chi connectivity index (χ2v) is 7.01. The van der Waals surface area contributed by atoms with E-state index in [2.05, 4.69) is 10.6 Å². The monoisotopic (exact) mass is 318 g/mol. The van der Waals surface area contributed by atoms with Crippen molar-refractivity contribution in [1.82, 2.24) is 10.6 Å². The third-order valence-corrected chi connectivity index (χ3v) is 5.37. The molecule has 2 atom stereocenters. The van der Waals surface area contributed by atoms with Crippen LogP contribution in [-0.2, 0) is 4.79 Å². The number of hydrogen-bond donors (Lipinski definition) is 2. The highest BCUT2D eigenvalue weighted by molar-refractivity contribution is 5.76. The third kappa shape index (κ3) is 4.31. The molecule has 4 heteroatoms. The van der Waals surface area contributed by atoms with Crippen molar-refractivity contribution in [2.24, 2.45) is 11.8 Å². The van der Waals surface area contributed by atoms with Gasteiger partial charge in [0.2, 0.25) is 5.91 Å². The van der Waals surface area contributed by atoms with E-state index in [0.29, 0.717) is 23.8 Å². The predicted octanol–water partition coefficient (Wildman–Crippen LogP) is 3.56. The highest BCUT2D eigenvalue weighted by Crippen LogP contribution is 2.36. The molecule has 0 aromatic heterocycles. The van der Waals surface area contributed by atoms with Crippen LogP contribution >= 0.6 is 0 Å². The molecule has 126 valence electrons. The summed E-state index contributed by atoms with van der Waals surface area (Å²) in [5.74, 6) is 0.838. The van der Waals surface area contributed by atoms with Gasteiger partial charge in [-0.2, -0.15) is 0 Å². The maximum Gasteiger partial charge on any atom is 0.220 e. The van der Waals surface area contributed by atoms with Crippen molar-refractivity contribution in [3.63, 3.8) is 0 Å². The van der Waals surface area contributed by atoms with E-state index < -0.39 is 0 Å². The summed E-state index contributed by atoms with van der Waals surface area (Å²) in [7, 11) is 0. The molecule has 23 heavy (non-hydrogen) atoms. The summed E-state index contributed by atoms with van der Waals surface area (Å²) in [6.45, 7) is 2.08. The summed E-state index contributed by atoms with van der Waals surface area (Å²) in [5.41, 5.74) is 0.648. The number of carbonyl (C=O) groups is 1. The molecule has 2 aliphatic rings. The van der Waals surface area contributed by atoms with Crippen LogP contribution in [0.4, 0.5) is 4.39 Å². The topological polar surface area (TPSA) is 41.1 Å². The van der Waals surface area contributed by atoms with Crippen molar-refractivity contribution in [1.29, 1.82) is 0 Å². The van der Waals surface area contributed by atoms with Crippen LogP contribution in [0.15, 0.2) is 24.3 Å². The first-order valence-electron chi connectivity index (χ1n) is 8.98. The fraction of sp³-hybridized carbons (Fsp3) is 0.632. The van der Waals surface area contributed by atoms with Crippen molar-refractivity contribution in [3.8, 4) is 0 Å². The van der Waals surface area contributed by atoms with E-state index in [0.717, 1.165) is 38.8 Å². The molecule has 0 spiro atoms. The van der Waals surface area contributed by atoms with Crippen LogP contribution < -0.4 is 10.6 Å². The largest absolute Gasteiger partial charge is 0.349 e. The van der Waals surface area contributed by atoms with E-state index in [9.17, 15) is 9.18 Å². The Balaban J connectivity index is 1.63. The second kappa shape index (κ2) is 7.91. The van der Waals surface area contributed by atoms with E-state index >= 15 is 0 Å². The zero-order chi connectivity index (χ0) is 16.1. The molecule has 0 bridgehead atoms. The Labute approximate surface area is 138 Å². The molecule has 1 heterocycles. The quantitative estimate of drug-likeness (QED) is 0.842. The molecule has 3 rings (SSSR count). The zero-order valence-electron chi connectivity index (χ0n) is 13.7. The zero-order valence-corrected chi connectivity index (χ0v) is 13.7. The lowest BCUT2D eigenvalue weighted by Gasteiger charge is -2.26. The van der Waals surface area contributed by atoms with Gasteiger partial charge in [-0.25, -0.2) is 4.39 Å². The molecule has 1 aromatic carbocycles. The highest BCUT2D eigenvalue weighted by Gasteiger charge is 2.29. The summed E-state index contributed by atoms with van der Waals surface area (Å²) >= 11 is 0. The van der Waals surface area contributed by atoms with Gasteiger partial charge in [0.15, 0.2) is 0 Å². The Kier molecular flexibility index (Phi) is 5.65. The smallest absolute Gasteiger partial charge is 0.220 e. The highest BCUT2D eigenvalue weighted by atomic mass is 19.1. The number of amides is 1. The molecule has 1 amide bonds.